The maximum absolute atomic E-state index is 12.8. The van der Waals surface area contributed by atoms with Crippen molar-refractivity contribution in [3.63, 3.8) is 0 Å². The van der Waals surface area contributed by atoms with Crippen molar-refractivity contribution < 1.29 is 18.6 Å². The number of hydrogen-bond acceptors (Lipinski definition) is 5. The van der Waals surface area contributed by atoms with E-state index in [0.29, 0.717) is 30.5 Å². The van der Waals surface area contributed by atoms with Gasteiger partial charge in [0.1, 0.15) is 36.3 Å². The average Bonchev–Trinajstić information content (AvgIpc) is 2.61. The summed E-state index contributed by atoms with van der Waals surface area (Å²) in [5, 5.41) is 0. The molecule has 0 saturated carbocycles. The van der Waals surface area contributed by atoms with E-state index in [0.717, 1.165) is 0 Å². The average molecular weight is 326 g/mol. The predicted molar refractivity (Wildman–Crippen MR) is 85.9 cm³/mol. The summed E-state index contributed by atoms with van der Waals surface area (Å²) in [4.78, 5) is 8.00. The molecule has 5 nitrogen and oxygen atoms in total. The SMILES string of the molecule is Fc1ccc(OCCOc2cccc(Oc3ncccn3)c2)cc1. The van der Waals surface area contributed by atoms with Crippen LogP contribution in [0.1, 0.15) is 0 Å². The molecule has 0 bridgehead atoms. The maximum atomic E-state index is 12.8. The van der Waals surface area contributed by atoms with Crippen LogP contribution in [-0.4, -0.2) is 23.2 Å². The van der Waals surface area contributed by atoms with E-state index in [-0.39, 0.29) is 11.8 Å². The molecule has 2 aromatic carbocycles. The lowest BCUT2D eigenvalue weighted by molar-refractivity contribution is 0.216. The Balaban J connectivity index is 1.48. The standard InChI is InChI=1S/C18H15FN2O3/c19-14-5-7-15(8-6-14)22-11-12-23-16-3-1-4-17(13-16)24-18-20-9-2-10-21-18/h1-10,13H,11-12H2. The Morgan fingerprint density at radius 3 is 2.17 bits per heavy atom. The van der Waals surface area contributed by atoms with E-state index < -0.39 is 0 Å². The van der Waals surface area contributed by atoms with Gasteiger partial charge in [0.2, 0.25) is 0 Å². The molecule has 0 atom stereocenters. The third-order valence-electron chi connectivity index (χ3n) is 2.99. The van der Waals surface area contributed by atoms with Crippen LogP contribution >= 0.6 is 0 Å². The second kappa shape index (κ2) is 7.92. The van der Waals surface area contributed by atoms with E-state index in [1.165, 1.54) is 12.1 Å². The molecular weight excluding hydrogens is 311 g/mol. The Morgan fingerprint density at radius 1 is 0.750 bits per heavy atom. The minimum Gasteiger partial charge on any atom is -0.490 e. The fourth-order valence-corrected chi connectivity index (χ4v) is 1.92. The zero-order valence-corrected chi connectivity index (χ0v) is 12.8. The van der Waals surface area contributed by atoms with Gasteiger partial charge in [0.15, 0.2) is 0 Å². The fourth-order valence-electron chi connectivity index (χ4n) is 1.92. The summed E-state index contributed by atoms with van der Waals surface area (Å²) in [6, 6.07) is 15.0. The van der Waals surface area contributed by atoms with Crippen molar-refractivity contribution in [2.75, 3.05) is 13.2 Å². The molecule has 122 valence electrons. The third-order valence-corrected chi connectivity index (χ3v) is 2.99. The van der Waals surface area contributed by atoms with Crippen molar-refractivity contribution in [3.8, 4) is 23.3 Å². The highest BCUT2D eigenvalue weighted by Crippen LogP contribution is 2.22. The van der Waals surface area contributed by atoms with Gasteiger partial charge in [0.05, 0.1) is 0 Å². The molecule has 1 heterocycles. The van der Waals surface area contributed by atoms with Gasteiger partial charge in [-0.1, -0.05) is 6.07 Å². The molecule has 0 saturated heterocycles. The number of ether oxygens (including phenoxy) is 3. The number of benzene rings is 2. The van der Waals surface area contributed by atoms with E-state index in [2.05, 4.69) is 9.97 Å². The van der Waals surface area contributed by atoms with Gasteiger partial charge in [0, 0.05) is 18.5 Å². The van der Waals surface area contributed by atoms with E-state index in [1.54, 1.807) is 42.7 Å². The van der Waals surface area contributed by atoms with E-state index in [4.69, 9.17) is 14.2 Å². The molecule has 1 aromatic heterocycles. The lowest BCUT2D eigenvalue weighted by Crippen LogP contribution is -2.09. The summed E-state index contributed by atoms with van der Waals surface area (Å²) in [5.41, 5.74) is 0. The summed E-state index contributed by atoms with van der Waals surface area (Å²) >= 11 is 0. The minimum atomic E-state index is -0.294. The topological polar surface area (TPSA) is 53.5 Å². The number of halogens is 1. The molecule has 3 rings (SSSR count). The summed E-state index contributed by atoms with van der Waals surface area (Å²) in [5.74, 6) is 1.53. The molecule has 0 fully saturated rings. The molecule has 0 unspecified atom stereocenters. The Labute approximate surface area is 138 Å². The lowest BCUT2D eigenvalue weighted by Gasteiger charge is -2.09. The van der Waals surface area contributed by atoms with Gasteiger partial charge in [0.25, 0.3) is 0 Å². The molecule has 0 aliphatic rings. The molecule has 0 N–H and O–H groups in total. The monoisotopic (exact) mass is 326 g/mol. The number of hydrogen-bond donors (Lipinski definition) is 0. The van der Waals surface area contributed by atoms with E-state index >= 15 is 0 Å². The van der Waals surface area contributed by atoms with Crippen LogP contribution in [-0.2, 0) is 0 Å². The third kappa shape index (κ3) is 4.67. The first-order valence-corrected chi connectivity index (χ1v) is 7.36. The molecule has 0 aliphatic heterocycles. The second-order valence-electron chi connectivity index (χ2n) is 4.76. The van der Waals surface area contributed by atoms with Crippen LogP contribution in [0.5, 0.6) is 23.3 Å². The molecule has 24 heavy (non-hydrogen) atoms. The fraction of sp³-hybridized carbons (Fsp3) is 0.111. The van der Waals surface area contributed by atoms with Gasteiger partial charge in [-0.05, 0) is 42.5 Å². The first kappa shape index (κ1) is 15.7. The largest absolute Gasteiger partial charge is 0.490 e. The van der Waals surface area contributed by atoms with Crippen LogP contribution in [0.25, 0.3) is 0 Å². The van der Waals surface area contributed by atoms with Gasteiger partial charge in [-0.2, -0.15) is 0 Å². The van der Waals surface area contributed by atoms with Crippen LogP contribution in [0, 0.1) is 5.82 Å². The summed E-state index contributed by atoms with van der Waals surface area (Å²) < 4.78 is 29.4. The van der Waals surface area contributed by atoms with Crippen molar-refractivity contribution in [2.45, 2.75) is 0 Å². The normalized spacial score (nSPS) is 10.2. The Hall–Kier alpha value is -3.15. The van der Waals surface area contributed by atoms with Crippen molar-refractivity contribution >= 4 is 0 Å². The molecule has 0 aliphatic carbocycles. The van der Waals surface area contributed by atoms with Crippen LogP contribution in [0.4, 0.5) is 4.39 Å². The van der Waals surface area contributed by atoms with Gasteiger partial charge in [-0.3, -0.25) is 0 Å². The van der Waals surface area contributed by atoms with Crippen LogP contribution in [0.2, 0.25) is 0 Å². The Kier molecular flexibility index (Phi) is 5.19. The van der Waals surface area contributed by atoms with E-state index in [9.17, 15) is 4.39 Å². The molecule has 0 amide bonds. The number of aromatic nitrogens is 2. The molecule has 3 aromatic rings. The summed E-state index contributed by atoms with van der Waals surface area (Å²) in [6.07, 6.45) is 3.21. The number of rotatable bonds is 7. The minimum absolute atomic E-state index is 0.272. The summed E-state index contributed by atoms with van der Waals surface area (Å²) in [6.45, 7) is 0.696. The second-order valence-corrected chi connectivity index (χ2v) is 4.76. The zero-order valence-electron chi connectivity index (χ0n) is 12.8. The van der Waals surface area contributed by atoms with Gasteiger partial charge >= 0.3 is 6.01 Å². The van der Waals surface area contributed by atoms with Crippen LogP contribution in [0.3, 0.4) is 0 Å². The van der Waals surface area contributed by atoms with Gasteiger partial charge in [-0.25, -0.2) is 14.4 Å². The highest BCUT2D eigenvalue weighted by Gasteiger charge is 2.02. The smallest absolute Gasteiger partial charge is 0.321 e. The first-order chi connectivity index (χ1) is 11.8. The van der Waals surface area contributed by atoms with Crippen molar-refractivity contribution in [1.82, 2.24) is 9.97 Å². The lowest BCUT2D eigenvalue weighted by atomic mass is 10.3. The molecule has 0 spiro atoms. The van der Waals surface area contributed by atoms with Gasteiger partial charge in [-0.15, -0.1) is 0 Å². The first-order valence-electron chi connectivity index (χ1n) is 7.36. The van der Waals surface area contributed by atoms with Crippen molar-refractivity contribution in [2.24, 2.45) is 0 Å². The highest BCUT2D eigenvalue weighted by atomic mass is 19.1. The van der Waals surface area contributed by atoms with Gasteiger partial charge < -0.3 is 14.2 Å². The predicted octanol–water partition coefficient (Wildman–Crippen LogP) is 3.87. The summed E-state index contributed by atoms with van der Waals surface area (Å²) in [7, 11) is 0. The van der Waals surface area contributed by atoms with E-state index in [1.807, 2.05) is 12.1 Å². The highest BCUT2D eigenvalue weighted by molar-refractivity contribution is 5.34. The van der Waals surface area contributed by atoms with Crippen molar-refractivity contribution in [3.05, 3.63) is 72.8 Å². The molecule has 6 heteroatoms. The van der Waals surface area contributed by atoms with Crippen LogP contribution in [0.15, 0.2) is 67.0 Å². The zero-order chi connectivity index (χ0) is 16.6. The Morgan fingerprint density at radius 2 is 1.42 bits per heavy atom. The van der Waals surface area contributed by atoms with Crippen LogP contribution < -0.4 is 14.2 Å². The maximum Gasteiger partial charge on any atom is 0.321 e. The molecule has 0 radical (unpaired) electrons. The van der Waals surface area contributed by atoms with Crippen molar-refractivity contribution in [1.29, 1.82) is 0 Å². The quantitative estimate of drug-likeness (QED) is 0.617. The Bertz CT molecular complexity index is 767. The number of nitrogens with zero attached hydrogens (tertiary/aromatic N) is 2. The molecular formula is C18H15FN2O3.